The molecule has 1 amide bonds. The van der Waals surface area contributed by atoms with Crippen LogP contribution in [0.15, 0.2) is 52.2 Å². The van der Waals surface area contributed by atoms with Crippen molar-refractivity contribution in [2.75, 3.05) is 0 Å². The van der Waals surface area contributed by atoms with Gasteiger partial charge in [0, 0.05) is 0 Å². The van der Waals surface area contributed by atoms with Crippen molar-refractivity contribution in [3.63, 3.8) is 0 Å². The highest BCUT2D eigenvalue weighted by molar-refractivity contribution is 5.92. The molecule has 2 aromatic rings. The quantitative estimate of drug-likeness (QED) is 0.651. The van der Waals surface area contributed by atoms with Gasteiger partial charge in [-0.15, -0.1) is 0 Å². The average Bonchev–Trinajstić information content (AvgIpc) is 2.85. The molecule has 0 bridgehead atoms. The second kappa shape index (κ2) is 5.07. The summed E-state index contributed by atoms with van der Waals surface area (Å²) in [5.41, 5.74) is 2.98. The molecule has 4 nitrogen and oxygen atoms in total. The minimum absolute atomic E-state index is 0.182. The fourth-order valence-corrected chi connectivity index (χ4v) is 1.18. The number of nitrogens with one attached hydrogen (secondary N) is 1. The zero-order valence-electron chi connectivity index (χ0n) is 8.76. The van der Waals surface area contributed by atoms with Gasteiger partial charge in [0.1, 0.15) is 5.82 Å². The van der Waals surface area contributed by atoms with Crippen molar-refractivity contribution >= 4 is 12.1 Å². The molecule has 0 aliphatic carbocycles. The van der Waals surface area contributed by atoms with Gasteiger partial charge in [0.2, 0.25) is 0 Å². The number of hydrazone groups is 1. The molecule has 5 heteroatoms. The summed E-state index contributed by atoms with van der Waals surface area (Å²) in [5.74, 6) is -0.573. The highest BCUT2D eigenvalue weighted by Gasteiger charge is 2.05. The summed E-state index contributed by atoms with van der Waals surface area (Å²) in [6.45, 7) is 0. The molecule has 1 heterocycles. The average molecular weight is 232 g/mol. The van der Waals surface area contributed by atoms with Crippen LogP contribution < -0.4 is 5.43 Å². The van der Waals surface area contributed by atoms with E-state index in [4.69, 9.17) is 4.42 Å². The van der Waals surface area contributed by atoms with Gasteiger partial charge >= 0.3 is 5.91 Å². The smallest absolute Gasteiger partial charge is 0.307 e. The fourth-order valence-electron chi connectivity index (χ4n) is 1.18. The Balaban J connectivity index is 1.94. The second-order valence-electron chi connectivity index (χ2n) is 3.23. The number of rotatable bonds is 3. The standard InChI is InChI=1S/C12H9FN2O2/c13-10-5-3-9(4-6-10)8-14-15-12(16)11-2-1-7-17-11/h1-8H,(H,15,16)/b14-8+. The molecule has 0 unspecified atom stereocenters. The molecule has 1 N–H and O–H groups in total. The Bertz CT molecular complexity index is 518. The zero-order chi connectivity index (χ0) is 12.1. The molecule has 0 saturated heterocycles. The van der Waals surface area contributed by atoms with Crippen molar-refractivity contribution in [2.45, 2.75) is 0 Å². The summed E-state index contributed by atoms with van der Waals surface area (Å²) < 4.78 is 17.5. The number of carbonyl (C=O) groups excluding carboxylic acids is 1. The largest absolute Gasteiger partial charge is 0.459 e. The monoisotopic (exact) mass is 232 g/mol. The molecule has 0 radical (unpaired) electrons. The van der Waals surface area contributed by atoms with E-state index in [9.17, 15) is 9.18 Å². The third-order valence-corrected chi connectivity index (χ3v) is 1.99. The normalized spacial score (nSPS) is 10.6. The fraction of sp³-hybridized carbons (Fsp3) is 0. The van der Waals surface area contributed by atoms with E-state index in [0.29, 0.717) is 5.56 Å². The first-order valence-electron chi connectivity index (χ1n) is 4.88. The van der Waals surface area contributed by atoms with Crippen molar-refractivity contribution in [3.05, 3.63) is 59.8 Å². The van der Waals surface area contributed by atoms with E-state index in [1.54, 1.807) is 18.2 Å². The minimum atomic E-state index is -0.437. The molecule has 0 saturated carbocycles. The summed E-state index contributed by atoms with van der Waals surface area (Å²) >= 11 is 0. The van der Waals surface area contributed by atoms with Crippen LogP contribution in [-0.2, 0) is 0 Å². The lowest BCUT2D eigenvalue weighted by Crippen LogP contribution is -2.16. The summed E-state index contributed by atoms with van der Waals surface area (Å²) in [6, 6.07) is 8.88. The Labute approximate surface area is 96.8 Å². The van der Waals surface area contributed by atoms with E-state index in [1.807, 2.05) is 0 Å². The summed E-state index contributed by atoms with van der Waals surface area (Å²) in [6.07, 6.45) is 2.82. The van der Waals surface area contributed by atoms with Gasteiger partial charge in [-0.05, 0) is 29.8 Å². The van der Waals surface area contributed by atoms with Gasteiger partial charge in [0.25, 0.3) is 0 Å². The molecule has 86 valence electrons. The molecule has 0 aliphatic rings. The molecule has 1 aromatic heterocycles. The third kappa shape index (κ3) is 3.01. The lowest BCUT2D eigenvalue weighted by Gasteiger charge is -1.95. The Kier molecular flexibility index (Phi) is 3.30. The van der Waals surface area contributed by atoms with Crippen LogP contribution in [0.4, 0.5) is 4.39 Å². The van der Waals surface area contributed by atoms with Crippen LogP contribution in [0.2, 0.25) is 0 Å². The topological polar surface area (TPSA) is 54.6 Å². The molecule has 0 aliphatic heterocycles. The van der Waals surface area contributed by atoms with Crippen LogP contribution in [0, 0.1) is 5.82 Å². The number of hydrogen-bond acceptors (Lipinski definition) is 3. The van der Waals surface area contributed by atoms with Crippen LogP contribution in [0.25, 0.3) is 0 Å². The first kappa shape index (κ1) is 11.1. The van der Waals surface area contributed by atoms with Crippen LogP contribution >= 0.6 is 0 Å². The van der Waals surface area contributed by atoms with E-state index in [1.165, 1.54) is 30.7 Å². The molecule has 2 rings (SSSR count). The van der Waals surface area contributed by atoms with E-state index < -0.39 is 5.91 Å². The van der Waals surface area contributed by atoms with E-state index in [-0.39, 0.29) is 11.6 Å². The van der Waals surface area contributed by atoms with Crippen molar-refractivity contribution in [1.82, 2.24) is 5.43 Å². The van der Waals surface area contributed by atoms with Gasteiger partial charge in [0.15, 0.2) is 5.76 Å². The Morgan fingerprint density at radius 2 is 2.06 bits per heavy atom. The van der Waals surface area contributed by atoms with Crippen molar-refractivity contribution < 1.29 is 13.6 Å². The van der Waals surface area contributed by atoms with Gasteiger partial charge in [0.05, 0.1) is 12.5 Å². The molecular weight excluding hydrogens is 223 g/mol. The number of benzene rings is 1. The van der Waals surface area contributed by atoms with Crippen LogP contribution in [0.5, 0.6) is 0 Å². The van der Waals surface area contributed by atoms with Crippen molar-refractivity contribution in [2.24, 2.45) is 5.10 Å². The maximum absolute atomic E-state index is 12.6. The molecule has 0 fully saturated rings. The van der Waals surface area contributed by atoms with Gasteiger partial charge in [-0.25, -0.2) is 9.82 Å². The Morgan fingerprint density at radius 1 is 1.29 bits per heavy atom. The zero-order valence-corrected chi connectivity index (χ0v) is 8.76. The predicted octanol–water partition coefficient (Wildman–Crippen LogP) is 2.18. The van der Waals surface area contributed by atoms with Crippen LogP contribution in [-0.4, -0.2) is 12.1 Å². The molecule has 1 aromatic carbocycles. The Morgan fingerprint density at radius 3 is 2.71 bits per heavy atom. The summed E-state index contributed by atoms with van der Waals surface area (Å²) in [4.78, 5) is 11.4. The first-order valence-corrected chi connectivity index (χ1v) is 4.88. The lowest BCUT2D eigenvalue weighted by atomic mass is 10.2. The number of furan rings is 1. The van der Waals surface area contributed by atoms with Gasteiger partial charge in [-0.2, -0.15) is 5.10 Å². The third-order valence-electron chi connectivity index (χ3n) is 1.99. The maximum atomic E-state index is 12.6. The number of amides is 1. The maximum Gasteiger partial charge on any atom is 0.307 e. The van der Waals surface area contributed by atoms with Crippen LogP contribution in [0.1, 0.15) is 16.1 Å². The number of hydrogen-bond donors (Lipinski definition) is 1. The van der Waals surface area contributed by atoms with Crippen LogP contribution in [0.3, 0.4) is 0 Å². The SMILES string of the molecule is O=C(N/N=C/c1ccc(F)cc1)c1ccco1. The molecule has 0 atom stereocenters. The molecule has 17 heavy (non-hydrogen) atoms. The predicted molar refractivity (Wildman–Crippen MR) is 60.2 cm³/mol. The van der Waals surface area contributed by atoms with E-state index in [2.05, 4.69) is 10.5 Å². The van der Waals surface area contributed by atoms with Gasteiger partial charge in [-0.1, -0.05) is 12.1 Å². The van der Waals surface area contributed by atoms with E-state index >= 15 is 0 Å². The lowest BCUT2D eigenvalue weighted by molar-refractivity contribution is 0.0927. The van der Waals surface area contributed by atoms with Crippen molar-refractivity contribution in [3.8, 4) is 0 Å². The summed E-state index contributed by atoms with van der Waals surface area (Å²) in [5, 5.41) is 3.72. The number of carbonyl (C=O) groups is 1. The van der Waals surface area contributed by atoms with Crippen molar-refractivity contribution in [1.29, 1.82) is 0 Å². The van der Waals surface area contributed by atoms with Gasteiger partial charge < -0.3 is 4.42 Å². The first-order chi connectivity index (χ1) is 8.25. The second-order valence-corrected chi connectivity index (χ2v) is 3.23. The molecular formula is C12H9FN2O2. The van der Waals surface area contributed by atoms with Gasteiger partial charge in [-0.3, -0.25) is 4.79 Å². The minimum Gasteiger partial charge on any atom is -0.459 e. The summed E-state index contributed by atoms with van der Waals surface area (Å²) in [7, 11) is 0. The molecule has 0 spiro atoms. The highest BCUT2D eigenvalue weighted by atomic mass is 19.1. The number of nitrogens with zero attached hydrogens (tertiary/aromatic N) is 1. The highest BCUT2D eigenvalue weighted by Crippen LogP contribution is 2.00. The Hall–Kier alpha value is -2.43. The van der Waals surface area contributed by atoms with E-state index in [0.717, 1.165) is 0 Å². The number of halogens is 1.